The first kappa shape index (κ1) is 24.8. The second kappa shape index (κ2) is 13.0. The minimum absolute atomic E-state index is 0.0240. The van der Waals surface area contributed by atoms with Gasteiger partial charge in [0.2, 0.25) is 5.75 Å². The molecular formula is C28H30O6. The highest BCUT2D eigenvalue weighted by molar-refractivity contribution is 5.96. The van der Waals surface area contributed by atoms with Crippen molar-refractivity contribution in [3.8, 4) is 17.2 Å². The first-order valence-electron chi connectivity index (χ1n) is 11.6. The molecule has 0 aliphatic heterocycles. The van der Waals surface area contributed by atoms with Gasteiger partial charge in [-0.2, -0.15) is 0 Å². The van der Waals surface area contributed by atoms with Crippen molar-refractivity contribution >= 4 is 16.9 Å². The van der Waals surface area contributed by atoms with Gasteiger partial charge < -0.3 is 18.6 Å². The zero-order valence-electron chi connectivity index (χ0n) is 19.6. The summed E-state index contributed by atoms with van der Waals surface area (Å²) in [5.41, 5.74) is -0.165. The zero-order chi connectivity index (χ0) is 24.2. The summed E-state index contributed by atoms with van der Waals surface area (Å²) in [6.45, 7) is 4.76. The van der Waals surface area contributed by atoms with Gasteiger partial charge in [0.1, 0.15) is 0 Å². The standard InChI is InChI=1S/C28H30O6/c1-3-5-7-12-19-31-23-18-14-17-22-24(23)33-28(30)26(32-20-13-8-6-4-2)25(22)34-27(29)21-15-10-9-11-16-21/h5-11,14-18H,3-4,12-13,19-20H2,1-2H3. The number of rotatable bonds is 12. The van der Waals surface area contributed by atoms with Crippen molar-refractivity contribution in [2.24, 2.45) is 0 Å². The molecule has 6 nitrogen and oxygen atoms in total. The summed E-state index contributed by atoms with van der Waals surface area (Å²) in [5.74, 6) is -0.311. The molecule has 3 aromatic rings. The van der Waals surface area contributed by atoms with Crippen LogP contribution in [0.15, 0.2) is 82.0 Å². The number of hydrogen-bond acceptors (Lipinski definition) is 6. The van der Waals surface area contributed by atoms with Crippen molar-refractivity contribution in [1.82, 2.24) is 0 Å². The molecule has 1 heterocycles. The smallest absolute Gasteiger partial charge is 0.383 e. The van der Waals surface area contributed by atoms with Crippen LogP contribution in [0.4, 0.5) is 0 Å². The Bertz CT molecular complexity index is 1190. The molecule has 0 unspecified atom stereocenters. The Morgan fingerprint density at radius 2 is 1.50 bits per heavy atom. The lowest BCUT2D eigenvalue weighted by Crippen LogP contribution is -2.15. The lowest BCUT2D eigenvalue weighted by Gasteiger charge is -2.14. The number of ether oxygens (including phenoxy) is 3. The number of carbonyl (C=O) groups is 1. The van der Waals surface area contributed by atoms with Crippen LogP contribution >= 0.6 is 0 Å². The number of allylic oxidation sites excluding steroid dienone is 2. The Kier molecular flexibility index (Phi) is 9.52. The molecule has 34 heavy (non-hydrogen) atoms. The van der Waals surface area contributed by atoms with E-state index in [9.17, 15) is 9.59 Å². The van der Waals surface area contributed by atoms with E-state index < -0.39 is 11.6 Å². The van der Waals surface area contributed by atoms with Gasteiger partial charge in [0.25, 0.3) is 0 Å². The van der Waals surface area contributed by atoms with Crippen LogP contribution < -0.4 is 19.8 Å². The lowest BCUT2D eigenvalue weighted by molar-refractivity contribution is 0.0729. The molecule has 6 heteroatoms. The van der Waals surface area contributed by atoms with Gasteiger partial charge in [0.05, 0.1) is 24.2 Å². The first-order valence-corrected chi connectivity index (χ1v) is 11.6. The summed E-state index contributed by atoms with van der Waals surface area (Å²) >= 11 is 0. The molecule has 1 aromatic heterocycles. The van der Waals surface area contributed by atoms with Crippen molar-refractivity contribution in [2.45, 2.75) is 39.5 Å². The maximum Gasteiger partial charge on any atom is 0.383 e. The van der Waals surface area contributed by atoms with Crippen LogP contribution in [-0.4, -0.2) is 19.2 Å². The second-order valence-corrected chi connectivity index (χ2v) is 7.47. The van der Waals surface area contributed by atoms with Crippen molar-refractivity contribution in [3.05, 3.63) is 88.8 Å². The van der Waals surface area contributed by atoms with Gasteiger partial charge in [-0.3, -0.25) is 0 Å². The fourth-order valence-electron chi connectivity index (χ4n) is 3.25. The Balaban J connectivity index is 1.98. The van der Waals surface area contributed by atoms with Gasteiger partial charge in [-0.15, -0.1) is 0 Å². The van der Waals surface area contributed by atoms with Crippen molar-refractivity contribution in [2.75, 3.05) is 13.2 Å². The Morgan fingerprint density at radius 3 is 2.18 bits per heavy atom. The van der Waals surface area contributed by atoms with Crippen LogP contribution in [0, 0.1) is 0 Å². The maximum atomic E-state index is 12.9. The number of fused-ring (bicyclic) bond motifs is 1. The van der Waals surface area contributed by atoms with Gasteiger partial charge in [0.15, 0.2) is 17.1 Å². The number of esters is 1. The second-order valence-electron chi connectivity index (χ2n) is 7.47. The van der Waals surface area contributed by atoms with E-state index in [1.54, 1.807) is 48.5 Å². The fraction of sp³-hybridized carbons (Fsp3) is 0.286. The first-order chi connectivity index (χ1) is 16.7. The summed E-state index contributed by atoms with van der Waals surface area (Å²) in [7, 11) is 0. The van der Waals surface area contributed by atoms with E-state index in [1.165, 1.54) is 0 Å². The van der Waals surface area contributed by atoms with Crippen molar-refractivity contribution in [3.63, 3.8) is 0 Å². The molecule has 178 valence electrons. The highest BCUT2D eigenvalue weighted by atomic mass is 16.6. The van der Waals surface area contributed by atoms with Gasteiger partial charge in [-0.05, 0) is 49.9 Å². The van der Waals surface area contributed by atoms with E-state index in [4.69, 9.17) is 18.6 Å². The molecule has 3 rings (SSSR count). The summed E-state index contributed by atoms with van der Waals surface area (Å²) in [4.78, 5) is 25.7. The number of carbonyl (C=O) groups excluding carboxylic acids is 1. The summed E-state index contributed by atoms with van der Waals surface area (Å²) in [6, 6.07) is 13.8. The molecule has 0 atom stereocenters. The molecular weight excluding hydrogens is 432 g/mol. The van der Waals surface area contributed by atoms with E-state index in [1.807, 2.05) is 25.2 Å². The van der Waals surface area contributed by atoms with E-state index in [0.717, 1.165) is 19.3 Å². The van der Waals surface area contributed by atoms with E-state index in [0.29, 0.717) is 29.7 Å². The van der Waals surface area contributed by atoms with Crippen LogP contribution in [0.5, 0.6) is 17.2 Å². The molecule has 0 spiro atoms. The van der Waals surface area contributed by atoms with E-state index in [-0.39, 0.29) is 23.7 Å². The maximum absolute atomic E-state index is 12.9. The monoisotopic (exact) mass is 462 g/mol. The molecule has 0 saturated heterocycles. The molecule has 0 N–H and O–H groups in total. The molecule has 0 aliphatic rings. The van der Waals surface area contributed by atoms with Gasteiger partial charge in [0, 0.05) is 0 Å². The lowest BCUT2D eigenvalue weighted by atomic mass is 10.2. The average Bonchev–Trinajstić information content (AvgIpc) is 2.86. The zero-order valence-corrected chi connectivity index (χ0v) is 19.6. The molecule has 0 radical (unpaired) electrons. The average molecular weight is 463 g/mol. The van der Waals surface area contributed by atoms with Crippen LogP contribution in [0.1, 0.15) is 49.9 Å². The predicted octanol–water partition coefficient (Wildman–Crippen LogP) is 6.48. The highest BCUT2D eigenvalue weighted by Crippen LogP contribution is 2.37. The van der Waals surface area contributed by atoms with Crippen molar-refractivity contribution in [1.29, 1.82) is 0 Å². The highest BCUT2D eigenvalue weighted by Gasteiger charge is 2.23. The largest absolute Gasteiger partial charge is 0.489 e. The van der Waals surface area contributed by atoms with Crippen LogP contribution in [0.3, 0.4) is 0 Å². The Morgan fingerprint density at radius 1 is 0.824 bits per heavy atom. The minimum Gasteiger partial charge on any atom is -0.489 e. The third kappa shape index (κ3) is 6.61. The quantitative estimate of drug-likeness (QED) is 0.133. The number of benzene rings is 2. The third-order valence-corrected chi connectivity index (χ3v) is 4.89. The van der Waals surface area contributed by atoms with Gasteiger partial charge in [-0.25, -0.2) is 9.59 Å². The van der Waals surface area contributed by atoms with Gasteiger partial charge in [-0.1, -0.05) is 62.4 Å². The fourth-order valence-corrected chi connectivity index (χ4v) is 3.25. The predicted molar refractivity (Wildman–Crippen MR) is 133 cm³/mol. The minimum atomic E-state index is -0.732. The van der Waals surface area contributed by atoms with Crippen LogP contribution in [0.25, 0.3) is 11.0 Å². The Labute approximate surface area is 199 Å². The van der Waals surface area contributed by atoms with E-state index in [2.05, 4.69) is 13.0 Å². The van der Waals surface area contributed by atoms with Crippen molar-refractivity contribution < 1.29 is 23.4 Å². The summed E-state index contributed by atoms with van der Waals surface area (Å²) < 4.78 is 22.9. The molecule has 2 aromatic carbocycles. The number of para-hydroxylation sites is 1. The molecule has 0 fully saturated rings. The SMILES string of the molecule is CCC=CCCOc1c(OC(=O)c2ccccc2)c2cccc(OCCC=CCC)c2oc1=O. The van der Waals surface area contributed by atoms with Crippen LogP contribution in [0.2, 0.25) is 0 Å². The molecule has 0 saturated carbocycles. The Hall–Kier alpha value is -3.80. The third-order valence-electron chi connectivity index (χ3n) is 4.89. The van der Waals surface area contributed by atoms with Crippen LogP contribution in [-0.2, 0) is 0 Å². The molecule has 0 amide bonds. The molecule has 0 aliphatic carbocycles. The topological polar surface area (TPSA) is 75.0 Å². The molecule has 0 bridgehead atoms. The number of hydrogen-bond donors (Lipinski definition) is 0. The van der Waals surface area contributed by atoms with E-state index >= 15 is 0 Å². The normalized spacial score (nSPS) is 11.4. The summed E-state index contributed by atoms with van der Waals surface area (Å²) in [6.07, 6.45) is 11.3. The summed E-state index contributed by atoms with van der Waals surface area (Å²) in [5, 5.41) is 0.421. The van der Waals surface area contributed by atoms with Gasteiger partial charge >= 0.3 is 11.6 Å².